The first-order chi connectivity index (χ1) is 10.2. The number of carbonyl (C=O) groups excluding carboxylic acids is 1. The van der Waals surface area contributed by atoms with E-state index in [1.165, 1.54) is 0 Å². The largest absolute Gasteiger partial charge is 0.444 e. The predicted octanol–water partition coefficient (Wildman–Crippen LogP) is 2.54. The van der Waals surface area contributed by atoms with Crippen LogP contribution in [0.5, 0.6) is 0 Å². The number of nitrogens with one attached hydrogen (secondary N) is 2. The number of ether oxygens (including phenoxy) is 1. The summed E-state index contributed by atoms with van der Waals surface area (Å²) in [6, 6.07) is 0.174. The molecule has 0 saturated heterocycles. The Morgan fingerprint density at radius 3 is 2.64 bits per heavy atom. The summed E-state index contributed by atoms with van der Waals surface area (Å²) >= 11 is 0. The van der Waals surface area contributed by atoms with Gasteiger partial charge in [0.1, 0.15) is 5.60 Å². The Hall–Kier alpha value is -1.56. The van der Waals surface area contributed by atoms with Crippen molar-refractivity contribution in [1.82, 2.24) is 20.2 Å². The molecule has 6 nitrogen and oxygen atoms in total. The monoisotopic (exact) mass is 310 g/mol. The summed E-state index contributed by atoms with van der Waals surface area (Å²) in [5.41, 5.74) is 0.670. The highest BCUT2D eigenvalue weighted by Crippen LogP contribution is 2.08. The van der Waals surface area contributed by atoms with E-state index >= 15 is 0 Å². The molecule has 126 valence electrons. The Morgan fingerprint density at radius 2 is 2.09 bits per heavy atom. The third kappa shape index (κ3) is 6.47. The lowest BCUT2D eigenvalue weighted by Gasteiger charge is -2.25. The normalized spacial score (nSPS) is 13.2. The second-order valence-electron chi connectivity index (χ2n) is 6.79. The molecule has 1 rings (SSSR count). The Labute approximate surface area is 133 Å². The van der Waals surface area contributed by atoms with Crippen molar-refractivity contribution in [3.63, 3.8) is 0 Å². The number of amides is 1. The summed E-state index contributed by atoms with van der Waals surface area (Å²) in [4.78, 5) is 15.9. The molecular weight excluding hydrogens is 280 g/mol. The second-order valence-corrected chi connectivity index (χ2v) is 6.79. The Morgan fingerprint density at radius 1 is 1.41 bits per heavy atom. The van der Waals surface area contributed by atoms with Crippen molar-refractivity contribution in [3.05, 3.63) is 18.2 Å². The lowest BCUT2D eigenvalue weighted by molar-refractivity contribution is 0.0519. The van der Waals surface area contributed by atoms with E-state index in [4.69, 9.17) is 4.74 Å². The van der Waals surface area contributed by atoms with Gasteiger partial charge in [0, 0.05) is 31.9 Å². The first-order valence-corrected chi connectivity index (χ1v) is 7.92. The van der Waals surface area contributed by atoms with Crippen LogP contribution in [0.15, 0.2) is 12.5 Å². The van der Waals surface area contributed by atoms with E-state index in [2.05, 4.69) is 41.0 Å². The topological polar surface area (TPSA) is 68.2 Å². The van der Waals surface area contributed by atoms with Crippen LogP contribution in [0.1, 0.15) is 47.2 Å². The van der Waals surface area contributed by atoms with Crippen molar-refractivity contribution < 1.29 is 9.53 Å². The van der Waals surface area contributed by atoms with E-state index in [9.17, 15) is 4.79 Å². The molecule has 1 heterocycles. The molecule has 2 N–H and O–H groups in total. The smallest absolute Gasteiger partial charge is 0.407 e. The fourth-order valence-corrected chi connectivity index (χ4v) is 2.07. The van der Waals surface area contributed by atoms with E-state index in [0.29, 0.717) is 12.5 Å². The predicted molar refractivity (Wildman–Crippen MR) is 87.6 cm³/mol. The fraction of sp³-hybridized carbons (Fsp3) is 0.750. The van der Waals surface area contributed by atoms with Gasteiger partial charge in [-0.2, -0.15) is 0 Å². The van der Waals surface area contributed by atoms with E-state index in [1.807, 2.05) is 33.3 Å². The van der Waals surface area contributed by atoms with Crippen LogP contribution in [0, 0.1) is 5.92 Å². The number of aromatic nitrogens is 2. The van der Waals surface area contributed by atoms with Gasteiger partial charge < -0.3 is 19.9 Å². The molecule has 0 fully saturated rings. The first-order valence-electron chi connectivity index (χ1n) is 7.92. The Bertz CT molecular complexity index is 463. The van der Waals surface area contributed by atoms with Crippen LogP contribution in [0.3, 0.4) is 0 Å². The lowest BCUT2D eigenvalue weighted by Crippen LogP contribution is -2.45. The molecule has 1 atom stereocenters. The van der Waals surface area contributed by atoms with Gasteiger partial charge in [-0.05, 0) is 33.6 Å². The van der Waals surface area contributed by atoms with Crippen LogP contribution in [0.4, 0.5) is 4.79 Å². The Kier molecular flexibility index (Phi) is 6.87. The molecule has 1 aromatic rings. The van der Waals surface area contributed by atoms with E-state index in [1.54, 1.807) is 0 Å². The fourth-order valence-electron chi connectivity index (χ4n) is 2.07. The number of nitrogens with zero attached hydrogens (tertiary/aromatic N) is 2. The molecule has 0 aromatic carbocycles. The molecule has 0 radical (unpaired) electrons. The van der Waals surface area contributed by atoms with Gasteiger partial charge in [0.05, 0.1) is 12.0 Å². The molecule has 0 bridgehead atoms. The highest BCUT2D eigenvalue weighted by molar-refractivity contribution is 5.67. The van der Waals surface area contributed by atoms with Crippen LogP contribution >= 0.6 is 0 Å². The number of imidazole rings is 1. The molecule has 1 unspecified atom stereocenters. The third-order valence-corrected chi connectivity index (χ3v) is 3.35. The zero-order valence-electron chi connectivity index (χ0n) is 14.6. The van der Waals surface area contributed by atoms with Gasteiger partial charge in [-0.3, -0.25) is 0 Å². The molecule has 0 saturated carbocycles. The van der Waals surface area contributed by atoms with Crippen molar-refractivity contribution in [3.8, 4) is 0 Å². The molecule has 0 spiro atoms. The maximum absolute atomic E-state index is 11.7. The summed E-state index contributed by atoms with van der Waals surface area (Å²) in [6.45, 7) is 14.1. The summed E-state index contributed by atoms with van der Waals surface area (Å²) in [5, 5.41) is 6.32. The first kappa shape index (κ1) is 18.5. The molecule has 1 aromatic heterocycles. The quantitative estimate of drug-likeness (QED) is 0.812. The minimum absolute atomic E-state index is 0.174. The summed E-state index contributed by atoms with van der Waals surface area (Å²) in [7, 11) is 0. The van der Waals surface area contributed by atoms with Gasteiger partial charge in [-0.1, -0.05) is 13.8 Å². The van der Waals surface area contributed by atoms with Gasteiger partial charge in [-0.25, -0.2) is 9.78 Å². The third-order valence-electron chi connectivity index (χ3n) is 3.35. The average molecular weight is 310 g/mol. The molecule has 0 aliphatic heterocycles. The Balaban J connectivity index is 2.47. The van der Waals surface area contributed by atoms with E-state index < -0.39 is 5.60 Å². The van der Waals surface area contributed by atoms with Crippen LogP contribution in [0.25, 0.3) is 0 Å². The molecular formula is C16H30N4O2. The van der Waals surface area contributed by atoms with Crippen LogP contribution in [0.2, 0.25) is 0 Å². The number of hydrogen-bond donors (Lipinski definition) is 2. The number of aryl methyl sites for hydroxylation is 1. The molecule has 6 heteroatoms. The van der Waals surface area contributed by atoms with Crippen molar-refractivity contribution in [1.29, 1.82) is 0 Å². The van der Waals surface area contributed by atoms with Crippen molar-refractivity contribution in [2.75, 3.05) is 6.54 Å². The zero-order chi connectivity index (χ0) is 16.8. The van der Waals surface area contributed by atoms with Crippen molar-refractivity contribution >= 4 is 6.09 Å². The van der Waals surface area contributed by atoms with Gasteiger partial charge in [0.25, 0.3) is 0 Å². The highest BCUT2D eigenvalue weighted by Gasteiger charge is 2.19. The number of carbonyl (C=O) groups is 1. The molecule has 0 aliphatic carbocycles. The summed E-state index contributed by atoms with van der Waals surface area (Å²) in [6.07, 6.45) is 3.33. The standard InChI is InChI=1S/C16H30N4O2/c1-7-20-11-17-8-13(20)9-18-14(12(2)3)10-19-15(21)22-16(4,5)6/h8,11-12,14,18H,7,9-10H2,1-6H3,(H,19,21). The summed E-state index contributed by atoms with van der Waals surface area (Å²) < 4.78 is 7.37. The average Bonchev–Trinajstić information content (AvgIpc) is 2.83. The number of hydrogen-bond acceptors (Lipinski definition) is 4. The minimum atomic E-state index is -0.474. The van der Waals surface area contributed by atoms with Crippen LogP contribution in [-0.4, -0.2) is 33.8 Å². The van der Waals surface area contributed by atoms with Crippen LogP contribution in [-0.2, 0) is 17.8 Å². The number of rotatable bonds is 7. The van der Waals surface area contributed by atoms with Crippen molar-refractivity contribution in [2.24, 2.45) is 5.92 Å². The van der Waals surface area contributed by atoms with Gasteiger partial charge >= 0.3 is 6.09 Å². The maximum Gasteiger partial charge on any atom is 0.407 e. The molecule has 1 amide bonds. The minimum Gasteiger partial charge on any atom is -0.444 e. The van der Waals surface area contributed by atoms with Gasteiger partial charge in [0.2, 0.25) is 0 Å². The highest BCUT2D eigenvalue weighted by atomic mass is 16.6. The van der Waals surface area contributed by atoms with E-state index in [-0.39, 0.29) is 12.1 Å². The number of alkyl carbamates (subject to hydrolysis) is 1. The summed E-state index contributed by atoms with van der Waals surface area (Å²) in [5.74, 6) is 0.396. The molecule has 22 heavy (non-hydrogen) atoms. The van der Waals surface area contributed by atoms with Crippen molar-refractivity contribution in [2.45, 2.75) is 66.3 Å². The lowest BCUT2D eigenvalue weighted by atomic mass is 10.0. The van der Waals surface area contributed by atoms with Gasteiger partial charge in [-0.15, -0.1) is 0 Å². The van der Waals surface area contributed by atoms with E-state index in [0.717, 1.165) is 18.8 Å². The second kappa shape index (κ2) is 8.17. The zero-order valence-corrected chi connectivity index (χ0v) is 14.6. The maximum atomic E-state index is 11.7. The SMILES string of the molecule is CCn1cncc1CNC(CNC(=O)OC(C)(C)C)C(C)C. The van der Waals surface area contributed by atoms with Crippen LogP contribution < -0.4 is 10.6 Å². The van der Waals surface area contributed by atoms with Gasteiger partial charge in [0.15, 0.2) is 0 Å². The molecule has 0 aliphatic rings.